The monoisotopic (exact) mass is 467 g/mol. The number of ether oxygens (including phenoxy) is 2. The van der Waals surface area contributed by atoms with Crippen molar-refractivity contribution in [3.63, 3.8) is 0 Å². The van der Waals surface area contributed by atoms with Gasteiger partial charge in [-0.3, -0.25) is 9.36 Å². The molecule has 0 radical (unpaired) electrons. The van der Waals surface area contributed by atoms with Gasteiger partial charge in [-0.15, -0.1) is 0 Å². The Morgan fingerprint density at radius 3 is 2.45 bits per heavy atom. The van der Waals surface area contributed by atoms with Crippen molar-refractivity contribution in [2.75, 3.05) is 32.2 Å². The molecule has 1 aliphatic heterocycles. The lowest BCUT2D eigenvalue weighted by Crippen LogP contribution is -2.43. The van der Waals surface area contributed by atoms with Gasteiger partial charge in [0.05, 0.1) is 30.6 Å². The van der Waals surface area contributed by atoms with Crippen molar-refractivity contribution < 1.29 is 9.47 Å². The molecule has 1 aliphatic rings. The van der Waals surface area contributed by atoms with Crippen LogP contribution in [0.15, 0.2) is 46.2 Å². The van der Waals surface area contributed by atoms with Crippen molar-refractivity contribution in [3.05, 3.63) is 62.5 Å². The number of benzene rings is 2. The van der Waals surface area contributed by atoms with E-state index in [-0.39, 0.29) is 11.6 Å². The van der Waals surface area contributed by atoms with E-state index in [4.69, 9.17) is 21.1 Å². The average molecular weight is 468 g/mol. The molecule has 9 nitrogen and oxygen atoms in total. The molecule has 2 aromatic heterocycles. The van der Waals surface area contributed by atoms with Crippen molar-refractivity contribution in [1.82, 2.24) is 19.5 Å². The summed E-state index contributed by atoms with van der Waals surface area (Å²) >= 11 is 6.07. The quantitative estimate of drug-likeness (QED) is 0.491. The largest absolute Gasteiger partial charge is 0.493 e. The van der Waals surface area contributed by atoms with Crippen LogP contribution >= 0.6 is 11.6 Å². The third-order valence-corrected chi connectivity index (χ3v) is 6.38. The van der Waals surface area contributed by atoms with E-state index in [0.29, 0.717) is 53.4 Å². The Labute approximate surface area is 193 Å². The van der Waals surface area contributed by atoms with E-state index < -0.39 is 5.69 Å². The van der Waals surface area contributed by atoms with Crippen LogP contribution < -0.4 is 25.6 Å². The van der Waals surface area contributed by atoms with Gasteiger partial charge in [0, 0.05) is 35.6 Å². The first-order valence-corrected chi connectivity index (χ1v) is 10.9. The minimum atomic E-state index is -0.405. The zero-order chi connectivity index (χ0) is 23.1. The van der Waals surface area contributed by atoms with E-state index in [9.17, 15) is 9.59 Å². The maximum Gasteiger partial charge on any atom is 0.329 e. The summed E-state index contributed by atoms with van der Waals surface area (Å²) in [6, 6.07) is 8.37. The molecule has 0 bridgehead atoms. The predicted molar refractivity (Wildman–Crippen MR) is 127 cm³/mol. The van der Waals surface area contributed by atoms with E-state index in [1.54, 1.807) is 32.4 Å². The summed E-state index contributed by atoms with van der Waals surface area (Å²) < 4.78 is 12.1. The second-order valence-corrected chi connectivity index (χ2v) is 8.37. The van der Waals surface area contributed by atoms with Crippen LogP contribution in [0.3, 0.4) is 0 Å². The third kappa shape index (κ3) is 3.68. The van der Waals surface area contributed by atoms with Crippen molar-refractivity contribution in [1.29, 1.82) is 0 Å². The number of aromatic amines is 1. The van der Waals surface area contributed by atoms with Crippen molar-refractivity contribution in [3.8, 4) is 11.5 Å². The number of aromatic nitrogens is 4. The Hall–Kier alpha value is -3.59. The number of anilines is 1. The molecule has 0 atom stereocenters. The van der Waals surface area contributed by atoms with Gasteiger partial charge in [-0.05, 0) is 37.1 Å². The van der Waals surface area contributed by atoms with Gasteiger partial charge in [0.15, 0.2) is 11.5 Å². The molecule has 0 unspecified atom stereocenters. The molecule has 5 rings (SSSR count). The fraction of sp³-hybridized carbons (Fsp3) is 0.304. The molecule has 1 fully saturated rings. The molecular formula is C23H22ClN5O4. The molecule has 4 aromatic rings. The minimum Gasteiger partial charge on any atom is -0.493 e. The molecule has 10 heteroatoms. The van der Waals surface area contributed by atoms with E-state index in [0.717, 1.165) is 16.7 Å². The fourth-order valence-electron chi connectivity index (χ4n) is 4.49. The Bertz CT molecular complexity index is 1470. The van der Waals surface area contributed by atoms with Crippen LogP contribution in [0, 0.1) is 0 Å². The average Bonchev–Trinajstić information content (AvgIpc) is 2.83. The van der Waals surface area contributed by atoms with Crippen LogP contribution in [0.4, 0.5) is 5.82 Å². The summed E-state index contributed by atoms with van der Waals surface area (Å²) in [5.41, 5.74) is 0.510. The number of rotatable bonds is 4. The Morgan fingerprint density at radius 1 is 1.00 bits per heavy atom. The third-order valence-electron chi connectivity index (χ3n) is 6.14. The van der Waals surface area contributed by atoms with Gasteiger partial charge in [0.1, 0.15) is 12.1 Å². The molecule has 0 aliphatic carbocycles. The van der Waals surface area contributed by atoms with Crippen LogP contribution in [0.2, 0.25) is 5.02 Å². The molecule has 1 N–H and O–H groups in total. The zero-order valence-electron chi connectivity index (χ0n) is 18.2. The highest BCUT2D eigenvalue weighted by Crippen LogP contribution is 2.36. The Balaban J connectivity index is 1.46. The lowest BCUT2D eigenvalue weighted by Gasteiger charge is -2.33. The second kappa shape index (κ2) is 8.40. The molecular weight excluding hydrogens is 446 g/mol. The first-order chi connectivity index (χ1) is 16.0. The van der Waals surface area contributed by atoms with Crippen LogP contribution in [-0.4, -0.2) is 46.8 Å². The summed E-state index contributed by atoms with van der Waals surface area (Å²) in [5.74, 6) is 1.98. The van der Waals surface area contributed by atoms with Gasteiger partial charge in [0.2, 0.25) is 0 Å². The summed E-state index contributed by atoms with van der Waals surface area (Å²) in [4.78, 5) is 39.6. The first-order valence-electron chi connectivity index (χ1n) is 10.6. The number of H-pyrrole nitrogens is 1. The number of fused-ring (bicyclic) bond motifs is 2. The number of hydrogen-bond acceptors (Lipinski definition) is 7. The highest BCUT2D eigenvalue weighted by atomic mass is 35.5. The number of piperidine rings is 1. The SMILES string of the molecule is COc1cc2ncnc(N3CCC(n4c(=O)[nH]c5ccc(Cl)cc5c4=O)CC3)c2cc1OC. The van der Waals surface area contributed by atoms with Crippen LogP contribution in [0.1, 0.15) is 18.9 Å². The highest BCUT2D eigenvalue weighted by Gasteiger charge is 2.26. The topological polar surface area (TPSA) is 102 Å². The van der Waals surface area contributed by atoms with Crippen molar-refractivity contribution in [2.24, 2.45) is 0 Å². The van der Waals surface area contributed by atoms with E-state index in [1.165, 1.54) is 10.9 Å². The highest BCUT2D eigenvalue weighted by molar-refractivity contribution is 6.31. The summed E-state index contributed by atoms with van der Waals surface area (Å²) in [6.07, 6.45) is 2.76. The standard InChI is InChI=1S/C23H22ClN5O4/c1-32-19-10-15-18(11-20(19)33-2)25-12-26-21(15)28-7-5-14(6-8-28)29-22(30)16-9-13(24)3-4-17(16)27-23(29)31/h3-4,9-12,14H,5-8H2,1-2H3,(H,27,31). The van der Waals surface area contributed by atoms with Gasteiger partial charge in [-0.1, -0.05) is 11.6 Å². The fourth-order valence-corrected chi connectivity index (χ4v) is 4.66. The number of hydrogen-bond donors (Lipinski definition) is 1. The maximum atomic E-state index is 13.1. The van der Waals surface area contributed by atoms with Gasteiger partial charge >= 0.3 is 5.69 Å². The molecule has 2 aromatic carbocycles. The number of methoxy groups -OCH3 is 2. The van der Waals surface area contributed by atoms with E-state index >= 15 is 0 Å². The maximum absolute atomic E-state index is 13.1. The number of halogens is 1. The normalized spacial score (nSPS) is 14.7. The summed E-state index contributed by atoms with van der Waals surface area (Å²) in [7, 11) is 3.17. The van der Waals surface area contributed by atoms with Crippen LogP contribution in [0.5, 0.6) is 11.5 Å². The van der Waals surface area contributed by atoms with Crippen LogP contribution in [-0.2, 0) is 0 Å². The second-order valence-electron chi connectivity index (χ2n) is 7.94. The molecule has 170 valence electrons. The molecule has 0 spiro atoms. The van der Waals surface area contributed by atoms with Crippen LogP contribution in [0.25, 0.3) is 21.8 Å². The zero-order valence-corrected chi connectivity index (χ0v) is 18.9. The van der Waals surface area contributed by atoms with Gasteiger partial charge < -0.3 is 19.4 Å². The molecule has 0 saturated carbocycles. The smallest absolute Gasteiger partial charge is 0.329 e. The Kier molecular flexibility index (Phi) is 5.41. The number of nitrogens with one attached hydrogen (secondary N) is 1. The van der Waals surface area contributed by atoms with E-state index in [1.807, 2.05) is 12.1 Å². The lowest BCUT2D eigenvalue weighted by atomic mass is 10.0. The molecule has 3 heterocycles. The molecule has 1 saturated heterocycles. The van der Waals surface area contributed by atoms with Crippen molar-refractivity contribution in [2.45, 2.75) is 18.9 Å². The van der Waals surface area contributed by atoms with Gasteiger partial charge in [-0.2, -0.15) is 0 Å². The minimum absolute atomic E-state index is 0.219. The molecule has 33 heavy (non-hydrogen) atoms. The van der Waals surface area contributed by atoms with E-state index in [2.05, 4.69) is 19.9 Å². The van der Waals surface area contributed by atoms with Gasteiger partial charge in [0.25, 0.3) is 5.56 Å². The van der Waals surface area contributed by atoms with Gasteiger partial charge in [-0.25, -0.2) is 14.8 Å². The lowest BCUT2D eigenvalue weighted by molar-refractivity contribution is 0.355. The number of nitrogens with zero attached hydrogens (tertiary/aromatic N) is 4. The predicted octanol–water partition coefficient (Wildman–Crippen LogP) is 3.15. The Morgan fingerprint density at radius 2 is 1.73 bits per heavy atom. The first kappa shape index (κ1) is 21.3. The molecule has 0 amide bonds. The summed E-state index contributed by atoms with van der Waals surface area (Å²) in [6.45, 7) is 1.26. The van der Waals surface area contributed by atoms with Crippen molar-refractivity contribution >= 4 is 39.2 Å². The summed E-state index contributed by atoms with van der Waals surface area (Å²) in [5, 5.41) is 1.71.